The first-order valence-corrected chi connectivity index (χ1v) is 10.6. The molecule has 0 aliphatic heterocycles. The number of furan rings is 1. The van der Waals surface area contributed by atoms with Gasteiger partial charge in [-0.15, -0.1) is 0 Å². The Balaban J connectivity index is 1.57. The molecule has 0 aliphatic carbocycles. The van der Waals surface area contributed by atoms with Gasteiger partial charge < -0.3 is 9.73 Å². The second-order valence-electron chi connectivity index (χ2n) is 5.89. The maximum Gasteiger partial charge on any atom is 0.248 e. The Hall–Kier alpha value is -2.58. The van der Waals surface area contributed by atoms with Crippen LogP contribution in [0.5, 0.6) is 0 Å². The molecular formula is C20H16Cl2N2O4S. The van der Waals surface area contributed by atoms with Gasteiger partial charge in [-0.05, 0) is 48.5 Å². The molecule has 0 saturated carbocycles. The van der Waals surface area contributed by atoms with E-state index in [1.807, 2.05) is 0 Å². The third kappa shape index (κ3) is 5.95. The van der Waals surface area contributed by atoms with Crippen molar-refractivity contribution in [2.45, 2.75) is 11.4 Å². The molecule has 2 N–H and O–H groups in total. The van der Waals surface area contributed by atoms with E-state index in [2.05, 4.69) is 10.0 Å². The summed E-state index contributed by atoms with van der Waals surface area (Å²) in [7, 11) is -3.63. The van der Waals surface area contributed by atoms with Crippen LogP contribution in [-0.2, 0) is 21.4 Å². The molecule has 1 amide bonds. The van der Waals surface area contributed by atoms with Gasteiger partial charge in [-0.1, -0.05) is 41.4 Å². The lowest BCUT2D eigenvalue weighted by atomic mass is 10.3. The number of rotatable bonds is 7. The number of hydrogen-bond donors (Lipinski definition) is 2. The quantitative estimate of drug-likeness (QED) is 0.509. The molecule has 3 rings (SSSR count). The molecule has 3 aromatic rings. The Morgan fingerprint density at radius 1 is 1.03 bits per heavy atom. The zero-order chi connectivity index (χ0) is 20.9. The number of halogens is 2. The average Bonchev–Trinajstić information content (AvgIpc) is 3.16. The highest BCUT2D eigenvalue weighted by Crippen LogP contribution is 2.25. The zero-order valence-electron chi connectivity index (χ0n) is 14.9. The average molecular weight is 451 g/mol. The minimum atomic E-state index is -3.63. The van der Waals surface area contributed by atoms with Crippen LogP contribution in [0.15, 0.2) is 76.1 Å². The Kier molecular flexibility index (Phi) is 6.76. The van der Waals surface area contributed by atoms with Crippen LogP contribution >= 0.6 is 23.2 Å². The van der Waals surface area contributed by atoms with E-state index in [1.165, 1.54) is 30.4 Å². The summed E-state index contributed by atoms with van der Waals surface area (Å²) in [5, 5.41) is 3.42. The summed E-state index contributed by atoms with van der Waals surface area (Å²) in [5.41, 5.74) is 0.432. The minimum absolute atomic E-state index is 0.0162. The smallest absolute Gasteiger partial charge is 0.248 e. The summed E-state index contributed by atoms with van der Waals surface area (Å²) in [6.07, 6.45) is 2.75. The van der Waals surface area contributed by atoms with E-state index in [4.69, 9.17) is 27.6 Å². The van der Waals surface area contributed by atoms with Gasteiger partial charge in [-0.2, -0.15) is 0 Å². The van der Waals surface area contributed by atoms with Gasteiger partial charge in [-0.25, -0.2) is 13.1 Å². The van der Waals surface area contributed by atoms with Crippen molar-refractivity contribution in [3.8, 4) is 0 Å². The summed E-state index contributed by atoms with van der Waals surface area (Å²) in [6.45, 7) is -0.0162. The molecule has 0 fully saturated rings. The molecule has 0 atom stereocenters. The number of nitrogens with one attached hydrogen (secondary N) is 2. The topological polar surface area (TPSA) is 88.4 Å². The Bertz CT molecular complexity index is 1140. The third-order valence-corrected chi connectivity index (χ3v) is 5.73. The summed E-state index contributed by atoms with van der Waals surface area (Å²) < 4.78 is 32.4. The predicted molar refractivity (Wildman–Crippen MR) is 113 cm³/mol. The highest BCUT2D eigenvalue weighted by atomic mass is 35.5. The van der Waals surface area contributed by atoms with Crippen LogP contribution in [0.25, 0.3) is 6.08 Å². The number of carbonyl (C=O) groups excluding carboxylic acids is 1. The van der Waals surface area contributed by atoms with Crippen molar-refractivity contribution < 1.29 is 17.6 Å². The monoisotopic (exact) mass is 450 g/mol. The number of benzene rings is 2. The normalized spacial score (nSPS) is 11.7. The molecule has 9 heteroatoms. The lowest BCUT2D eigenvalue weighted by Gasteiger charge is -2.05. The van der Waals surface area contributed by atoms with Crippen LogP contribution in [0.4, 0.5) is 5.69 Å². The van der Waals surface area contributed by atoms with Crippen molar-refractivity contribution in [3.05, 3.63) is 88.3 Å². The van der Waals surface area contributed by atoms with Crippen LogP contribution < -0.4 is 10.0 Å². The van der Waals surface area contributed by atoms with Gasteiger partial charge in [0.15, 0.2) is 0 Å². The van der Waals surface area contributed by atoms with Crippen molar-refractivity contribution in [1.29, 1.82) is 0 Å². The number of sulfonamides is 1. The SMILES string of the molecule is O=C(/C=C/c1ccc(CNS(=O)(=O)c2ccccc2)o1)Nc1ccc(Cl)cc1Cl. The molecule has 150 valence electrons. The molecule has 1 aromatic heterocycles. The highest BCUT2D eigenvalue weighted by molar-refractivity contribution is 7.89. The van der Waals surface area contributed by atoms with Gasteiger partial charge in [0.2, 0.25) is 15.9 Å². The van der Waals surface area contributed by atoms with Crippen LogP contribution in [0.3, 0.4) is 0 Å². The van der Waals surface area contributed by atoms with E-state index < -0.39 is 15.9 Å². The maximum absolute atomic E-state index is 12.2. The molecule has 0 aliphatic rings. The van der Waals surface area contributed by atoms with Crippen LogP contribution in [0.2, 0.25) is 10.0 Å². The van der Waals surface area contributed by atoms with E-state index in [0.717, 1.165) is 0 Å². The van der Waals surface area contributed by atoms with Gasteiger partial charge in [0, 0.05) is 11.1 Å². The fraction of sp³-hybridized carbons (Fsp3) is 0.0500. The Morgan fingerprint density at radius 3 is 2.52 bits per heavy atom. The Labute approximate surface area is 178 Å². The minimum Gasteiger partial charge on any atom is -0.460 e. The van der Waals surface area contributed by atoms with E-state index in [0.29, 0.717) is 27.3 Å². The molecule has 29 heavy (non-hydrogen) atoms. The largest absolute Gasteiger partial charge is 0.460 e. The maximum atomic E-state index is 12.2. The molecule has 0 saturated heterocycles. The lowest BCUT2D eigenvalue weighted by Crippen LogP contribution is -2.22. The van der Waals surface area contributed by atoms with Crippen LogP contribution in [0, 0.1) is 0 Å². The Morgan fingerprint density at radius 2 is 1.79 bits per heavy atom. The molecular weight excluding hydrogens is 435 g/mol. The van der Waals surface area contributed by atoms with E-state index in [-0.39, 0.29) is 11.4 Å². The zero-order valence-corrected chi connectivity index (χ0v) is 17.3. The molecule has 0 radical (unpaired) electrons. The van der Waals surface area contributed by atoms with E-state index >= 15 is 0 Å². The fourth-order valence-electron chi connectivity index (χ4n) is 2.35. The predicted octanol–water partition coefficient (Wildman–Crippen LogP) is 4.72. The number of hydrogen-bond acceptors (Lipinski definition) is 4. The van der Waals surface area contributed by atoms with Crippen LogP contribution in [-0.4, -0.2) is 14.3 Å². The molecule has 0 unspecified atom stereocenters. The van der Waals surface area contributed by atoms with Crippen LogP contribution in [0.1, 0.15) is 11.5 Å². The van der Waals surface area contributed by atoms with E-state index in [9.17, 15) is 13.2 Å². The van der Waals surface area contributed by atoms with Gasteiger partial charge in [0.05, 0.1) is 22.2 Å². The second kappa shape index (κ2) is 9.28. The van der Waals surface area contributed by atoms with Gasteiger partial charge >= 0.3 is 0 Å². The van der Waals surface area contributed by atoms with Gasteiger partial charge in [0.25, 0.3) is 0 Å². The standard InChI is InChI=1S/C20H16Cl2N2O4S/c21-14-6-10-19(18(22)12-14)24-20(25)11-9-15-7-8-16(28-15)13-23-29(26,27)17-4-2-1-3-5-17/h1-12,23H,13H2,(H,24,25)/b11-9+. The van der Waals surface area contributed by atoms with Crippen molar-refractivity contribution in [2.24, 2.45) is 0 Å². The summed E-state index contributed by atoms with van der Waals surface area (Å²) >= 11 is 11.8. The summed E-state index contributed by atoms with van der Waals surface area (Å²) in [4.78, 5) is 12.2. The van der Waals surface area contributed by atoms with Crippen molar-refractivity contribution >= 4 is 50.9 Å². The summed E-state index contributed by atoms with van der Waals surface area (Å²) in [6, 6.07) is 16.0. The first kappa shape index (κ1) is 21.1. The number of anilines is 1. The lowest BCUT2D eigenvalue weighted by molar-refractivity contribution is -0.111. The summed E-state index contributed by atoms with van der Waals surface area (Å²) in [5.74, 6) is 0.401. The first-order valence-electron chi connectivity index (χ1n) is 8.41. The first-order chi connectivity index (χ1) is 13.8. The molecule has 0 spiro atoms. The number of carbonyl (C=O) groups is 1. The molecule has 1 heterocycles. The van der Waals surface area contributed by atoms with Crippen molar-refractivity contribution in [3.63, 3.8) is 0 Å². The van der Waals surface area contributed by atoms with Gasteiger partial charge in [-0.3, -0.25) is 4.79 Å². The van der Waals surface area contributed by atoms with Crippen molar-refractivity contribution in [2.75, 3.05) is 5.32 Å². The molecule has 0 bridgehead atoms. The molecule has 6 nitrogen and oxygen atoms in total. The van der Waals surface area contributed by atoms with Crippen molar-refractivity contribution in [1.82, 2.24) is 4.72 Å². The number of amides is 1. The third-order valence-electron chi connectivity index (χ3n) is 3.76. The second-order valence-corrected chi connectivity index (χ2v) is 8.50. The van der Waals surface area contributed by atoms with Gasteiger partial charge in [0.1, 0.15) is 11.5 Å². The fourth-order valence-corrected chi connectivity index (χ4v) is 3.82. The molecule has 2 aromatic carbocycles. The van der Waals surface area contributed by atoms with E-state index in [1.54, 1.807) is 42.5 Å². The highest BCUT2D eigenvalue weighted by Gasteiger charge is 2.13.